The molecule has 3 saturated carbocycles. The number of hydrogen-bond acceptors (Lipinski definition) is 5. The molecule has 3 fully saturated rings. The molecule has 8 atom stereocenters. The Morgan fingerprint density at radius 3 is 2.46 bits per heavy atom. The number of Topliss-reactive ketones (excluding diaryl/α,β-unsaturated/α-hetero) is 1. The lowest BCUT2D eigenvalue weighted by atomic mass is 9.46. The number of ketones is 2. The molecule has 0 amide bonds. The Labute approximate surface area is 154 Å². The van der Waals surface area contributed by atoms with Crippen molar-refractivity contribution in [3.8, 4) is 0 Å². The fraction of sp³-hybridized carbons (Fsp3) is 0.810. The van der Waals surface area contributed by atoms with E-state index in [2.05, 4.69) is 0 Å². The smallest absolute Gasteiger partial charge is 0.159 e. The molecule has 5 nitrogen and oxygen atoms in total. The van der Waals surface area contributed by atoms with Crippen LogP contribution in [0.15, 0.2) is 11.6 Å². The maximum Gasteiger partial charge on any atom is 0.159 e. The van der Waals surface area contributed by atoms with E-state index < -0.39 is 28.6 Å². The molecule has 5 heteroatoms. The van der Waals surface area contributed by atoms with Gasteiger partial charge in [-0.1, -0.05) is 13.8 Å². The molecule has 4 rings (SSSR count). The third kappa shape index (κ3) is 2.08. The lowest BCUT2D eigenvalue weighted by molar-refractivity contribution is -0.153. The number of allylic oxidation sites excluding steroid dienone is 1. The number of carbonyl (C=O) groups excluding carboxylic acids is 2. The second-order valence-electron chi connectivity index (χ2n) is 9.71. The largest absolute Gasteiger partial charge is 0.390 e. The summed E-state index contributed by atoms with van der Waals surface area (Å²) in [5.74, 6) is -0.406. The monoisotopic (exact) mass is 362 g/mol. The minimum absolute atomic E-state index is 0.0103. The van der Waals surface area contributed by atoms with E-state index in [0.29, 0.717) is 19.3 Å². The summed E-state index contributed by atoms with van der Waals surface area (Å²) in [6, 6.07) is 0. The number of fused-ring (bicyclic) bond motifs is 5. The molecule has 4 aliphatic rings. The zero-order valence-corrected chi connectivity index (χ0v) is 15.9. The van der Waals surface area contributed by atoms with Crippen molar-refractivity contribution in [2.24, 2.45) is 28.6 Å². The molecule has 0 spiro atoms. The van der Waals surface area contributed by atoms with Gasteiger partial charge >= 0.3 is 0 Å². The molecule has 0 aliphatic heterocycles. The number of rotatable bonds is 1. The topological polar surface area (TPSA) is 94.8 Å². The molecule has 144 valence electrons. The van der Waals surface area contributed by atoms with Crippen LogP contribution in [0.1, 0.15) is 59.3 Å². The van der Waals surface area contributed by atoms with E-state index in [-0.39, 0.29) is 35.7 Å². The average molecular weight is 362 g/mol. The molecule has 0 saturated heterocycles. The first-order valence-corrected chi connectivity index (χ1v) is 9.89. The highest BCUT2D eigenvalue weighted by Gasteiger charge is 2.67. The van der Waals surface area contributed by atoms with Gasteiger partial charge in [0.2, 0.25) is 0 Å². The molecule has 0 aromatic carbocycles. The minimum atomic E-state index is -1.13. The van der Waals surface area contributed by atoms with Crippen molar-refractivity contribution in [1.29, 1.82) is 0 Å². The zero-order chi connectivity index (χ0) is 19.1. The maximum atomic E-state index is 12.9. The van der Waals surface area contributed by atoms with Gasteiger partial charge in [-0.25, -0.2) is 0 Å². The van der Waals surface area contributed by atoms with Gasteiger partial charge in [0, 0.05) is 17.3 Å². The molecule has 3 N–H and O–H groups in total. The van der Waals surface area contributed by atoms with Gasteiger partial charge in [0.05, 0.1) is 17.8 Å². The molecule has 0 radical (unpaired) electrons. The second kappa shape index (κ2) is 5.49. The molecule has 0 heterocycles. The van der Waals surface area contributed by atoms with Crippen LogP contribution in [-0.4, -0.2) is 44.7 Å². The van der Waals surface area contributed by atoms with Crippen LogP contribution in [0.3, 0.4) is 0 Å². The Hall–Kier alpha value is -1.04. The zero-order valence-electron chi connectivity index (χ0n) is 15.9. The third-order valence-corrected chi connectivity index (χ3v) is 8.61. The number of aliphatic hydroxyl groups is 3. The van der Waals surface area contributed by atoms with Crippen LogP contribution in [0, 0.1) is 28.6 Å². The molecule has 0 bridgehead atoms. The Morgan fingerprint density at radius 2 is 1.81 bits per heavy atom. The maximum absolute atomic E-state index is 12.9. The summed E-state index contributed by atoms with van der Waals surface area (Å²) in [5, 5.41) is 32.1. The van der Waals surface area contributed by atoms with Crippen molar-refractivity contribution in [3.63, 3.8) is 0 Å². The summed E-state index contributed by atoms with van der Waals surface area (Å²) in [6.07, 6.45) is 3.29. The van der Waals surface area contributed by atoms with Crippen molar-refractivity contribution in [2.75, 3.05) is 0 Å². The quantitative estimate of drug-likeness (QED) is 0.661. The van der Waals surface area contributed by atoms with Gasteiger partial charge in [0.25, 0.3) is 0 Å². The standard InChI is InChI=1S/C21H30O5/c1-11(22)12-5-7-21(26)14-8-16(23)15-9-17(24)18(25)10-19(15,2)13(14)4-6-20(12,21)3/h8,12-13,15,17-18,24-26H,4-7,9-10H2,1-3H3/t12?,13?,15-,17+,18-,19?,20?,21?/m0/s1. The van der Waals surface area contributed by atoms with Gasteiger partial charge in [0.15, 0.2) is 5.78 Å². The van der Waals surface area contributed by atoms with Gasteiger partial charge in [-0.3, -0.25) is 9.59 Å². The fourth-order valence-electron chi connectivity index (χ4n) is 7.02. The molecule has 4 aliphatic carbocycles. The summed E-state index contributed by atoms with van der Waals surface area (Å²) in [4.78, 5) is 25.1. The van der Waals surface area contributed by atoms with E-state index in [4.69, 9.17) is 0 Å². The van der Waals surface area contributed by atoms with Crippen LogP contribution in [0.25, 0.3) is 0 Å². The lowest BCUT2D eigenvalue weighted by Gasteiger charge is -2.59. The Bertz CT molecular complexity index is 699. The van der Waals surface area contributed by atoms with E-state index in [1.807, 2.05) is 13.8 Å². The van der Waals surface area contributed by atoms with Crippen LogP contribution in [0.4, 0.5) is 0 Å². The van der Waals surface area contributed by atoms with Crippen LogP contribution < -0.4 is 0 Å². The SMILES string of the molecule is CC(=O)C1CCC2(O)C3=CC(=O)[C@@H]4C[C@@H](O)[C@@H](O)CC4(C)C3CCC12C. The highest BCUT2D eigenvalue weighted by atomic mass is 16.3. The van der Waals surface area contributed by atoms with Gasteiger partial charge < -0.3 is 15.3 Å². The predicted octanol–water partition coefficient (Wildman–Crippen LogP) is 1.78. The normalized spacial score (nSPS) is 53.4. The van der Waals surface area contributed by atoms with E-state index in [1.54, 1.807) is 13.0 Å². The molecule has 26 heavy (non-hydrogen) atoms. The van der Waals surface area contributed by atoms with E-state index >= 15 is 0 Å². The van der Waals surface area contributed by atoms with E-state index in [9.17, 15) is 24.9 Å². The first-order valence-electron chi connectivity index (χ1n) is 9.89. The molecule has 0 aromatic heterocycles. The van der Waals surface area contributed by atoms with Gasteiger partial charge in [0.1, 0.15) is 5.78 Å². The summed E-state index contributed by atoms with van der Waals surface area (Å²) < 4.78 is 0. The average Bonchev–Trinajstić information content (AvgIpc) is 2.83. The second-order valence-corrected chi connectivity index (χ2v) is 9.71. The molecule has 0 aromatic rings. The number of hydrogen-bond donors (Lipinski definition) is 3. The van der Waals surface area contributed by atoms with Crippen molar-refractivity contribution in [2.45, 2.75) is 77.1 Å². The van der Waals surface area contributed by atoms with Crippen molar-refractivity contribution in [1.82, 2.24) is 0 Å². The summed E-state index contributed by atoms with van der Waals surface area (Å²) in [6.45, 7) is 5.64. The fourth-order valence-corrected chi connectivity index (χ4v) is 7.02. The highest BCUT2D eigenvalue weighted by Crippen LogP contribution is 2.67. The summed E-state index contributed by atoms with van der Waals surface area (Å²) in [5.41, 5.74) is -1.33. The minimum Gasteiger partial charge on any atom is -0.390 e. The van der Waals surface area contributed by atoms with E-state index in [1.165, 1.54) is 0 Å². The van der Waals surface area contributed by atoms with Gasteiger partial charge in [-0.2, -0.15) is 0 Å². The van der Waals surface area contributed by atoms with Crippen LogP contribution in [0.2, 0.25) is 0 Å². The first kappa shape index (κ1) is 18.3. The molecule has 5 unspecified atom stereocenters. The molecular weight excluding hydrogens is 332 g/mol. The highest BCUT2D eigenvalue weighted by molar-refractivity contribution is 5.95. The Morgan fingerprint density at radius 1 is 1.12 bits per heavy atom. The first-order chi connectivity index (χ1) is 12.0. The number of carbonyl (C=O) groups is 2. The Balaban J connectivity index is 1.80. The van der Waals surface area contributed by atoms with Gasteiger partial charge in [-0.05, 0) is 68.4 Å². The lowest BCUT2D eigenvalue weighted by Crippen LogP contribution is -2.60. The number of aliphatic hydroxyl groups excluding tert-OH is 2. The van der Waals surface area contributed by atoms with Gasteiger partial charge in [-0.15, -0.1) is 0 Å². The van der Waals surface area contributed by atoms with Crippen molar-refractivity contribution >= 4 is 11.6 Å². The van der Waals surface area contributed by atoms with Crippen LogP contribution in [-0.2, 0) is 9.59 Å². The van der Waals surface area contributed by atoms with Crippen molar-refractivity contribution in [3.05, 3.63) is 11.6 Å². The Kier molecular flexibility index (Phi) is 3.87. The summed E-state index contributed by atoms with van der Waals surface area (Å²) >= 11 is 0. The third-order valence-electron chi connectivity index (χ3n) is 8.61. The van der Waals surface area contributed by atoms with Crippen LogP contribution >= 0.6 is 0 Å². The predicted molar refractivity (Wildman–Crippen MR) is 95.1 cm³/mol. The summed E-state index contributed by atoms with van der Waals surface area (Å²) in [7, 11) is 0. The molecular formula is C21H30O5. The van der Waals surface area contributed by atoms with E-state index in [0.717, 1.165) is 18.4 Å². The van der Waals surface area contributed by atoms with Crippen LogP contribution in [0.5, 0.6) is 0 Å². The van der Waals surface area contributed by atoms with Crippen molar-refractivity contribution < 1.29 is 24.9 Å².